The summed E-state index contributed by atoms with van der Waals surface area (Å²) in [5.41, 5.74) is 0.167. The molecular weight excluding hydrogens is 159 g/mol. The van der Waals surface area contributed by atoms with Gasteiger partial charge in [0.25, 0.3) is 0 Å². The standard InChI is InChI=1S/C6H7BN2O3/c1-4(10)6-8-2-5(3-9-6)7(11)12/h2-3,11-12H,1H3. The second-order valence-corrected chi connectivity index (χ2v) is 2.27. The van der Waals surface area contributed by atoms with E-state index in [1.165, 1.54) is 19.3 Å². The van der Waals surface area contributed by atoms with E-state index >= 15 is 0 Å². The molecule has 0 bridgehead atoms. The van der Waals surface area contributed by atoms with Crippen LogP contribution >= 0.6 is 0 Å². The quantitative estimate of drug-likeness (QED) is 0.406. The van der Waals surface area contributed by atoms with Crippen LogP contribution in [0.4, 0.5) is 0 Å². The highest BCUT2D eigenvalue weighted by atomic mass is 16.4. The van der Waals surface area contributed by atoms with Crippen LogP contribution < -0.4 is 5.46 Å². The Morgan fingerprint density at radius 3 is 2.25 bits per heavy atom. The Bertz CT molecular complexity index is 285. The molecule has 6 heteroatoms. The molecule has 1 aromatic rings. The fourth-order valence-electron chi connectivity index (χ4n) is 0.653. The predicted molar refractivity (Wildman–Crippen MR) is 41.9 cm³/mol. The van der Waals surface area contributed by atoms with Crippen LogP contribution in [0.3, 0.4) is 0 Å². The molecular formula is C6H7BN2O3. The number of aromatic nitrogens is 2. The molecule has 0 saturated heterocycles. The maximum atomic E-state index is 10.7. The van der Waals surface area contributed by atoms with E-state index in [4.69, 9.17) is 10.0 Å². The third kappa shape index (κ3) is 1.87. The van der Waals surface area contributed by atoms with Gasteiger partial charge in [-0.05, 0) is 0 Å². The highest BCUT2D eigenvalue weighted by molar-refractivity contribution is 6.58. The second-order valence-electron chi connectivity index (χ2n) is 2.27. The summed E-state index contributed by atoms with van der Waals surface area (Å²) in [7, 11) is -1.59. The largest absolute Gasteiger partial charge is 0.491 e. The Morgan fingerprint density at radius 2 is 1.92 bits per heavy atom. The molecule has 0 aliphatic carbocycles. The van der Waals surface area contributed by atoms with Crippen molar-refractivity contribution in [3.05, 3.63) is 18.2 Å². The lowest BCUT2D eigenvalue weighted by atomic mass is 9.83. The van der Waals surface area contributed by atoms with Crippen molar-refractivity contribution < 1.29 is 14.8 Å². The minimum atomic E-state index is -1.59. The first-order valence-corrected chi connectivity index (χ1v) is 3.30. The van der Waals surface area contributed by atoms with Gasteiger partial charge in [-0.1, -0.05) is 0 Å². The molecule has 1 rings (SSSR count). The highest BCUT2D eigenvalue weighted by Crippen LogP contribution is 1.87. The smallest absolute Gasteiger partial charge is 0.423 e. The molecule has 2 N–H and O–H groups in total. The summed E-state index contributed by atoms with van der Waals surface area (Å²) >= 11 is 0. The molecule has 1 aromatic heterocycles. The van der Waals surface area contributed by atoms with Gasteiger partial charge in [0.1, 0.15) is 0 Å². The average molecular weight is 166 g/mol. The topological polar surface area (TPSA) is 83.3 Å². The molecule has 0 aliphatic heterocycles. The molecule has 0 fully saturated rings. The Hall–Kier alpha value is -1.27. The highest BCUT2D eigenvalue weighted by Gasteiger charge is 2.12. The van der Waals surface area contributed by atoms with Crippen LogP contribution in [0.1, 0.15) is 17.5 Å². The van der Waals surface area contributed by atoms with Gasteiger partial charge in [-0.15, -0.1) is 0 Å². The number of ketones is 1. The summed E-state index contributed by atoms with van der Waals surface area (Å²) in [5, 5.41) is 17.3. The van der Waals surface area contributed by atoms with E-state index in [1.807, 2.05) is 0 Å². The summed E-state index contributed by atoms with van der Waals surface area (Å²) in [6, 6.07) is 0. The normalized spacial score (nSPS) is 9.58. The number of carbonyl (C=O) groups excluding carboxylic acids is 1. The van der Waals surface area contributed by atoms with E-state index < -0.39 is 7.12 Å². The SMILES string of the molecule is CC(=O)c1ncc(B(O)O)cn1. The number of hydrogen-bond acceptors (Lipinski definition) is 5. The minimum absolute atomic E-state index is 0.0689. The third-order valence-electron chi connectivity index (χ3n) is 1.28. The van der Waals surface area contributed by atoms with Gasteiger partial charge < -0.3 is 10.0 Å². The van der Waals surface area contributed by atoms with E-state index in [0.29, 0.717) is 0 Å². The van der Waals surface area contributed by atoms with Crippen LogP contribution in [0.2, 0.25) is 0 Å². The van der Waals surface area contributed by atoms with Crippen molar-refractivity contribution in [2.24, 2.45) is 0 Å². The van der Waals surface area contributed by atoms with E-state index in [0.717, 1.165) is 0 Å². The number of Topliss-reactive ketones (excluding diaryl/α,β-unsaturated/α-hetero) is 1. The molecule has 1 heterocycles. The van der Waals surface area contributed by atoms with Gasteiger partial charge >= 0.3 is 7.12 Å². The molecule has 0 aliphatic rings. The van der Waals surface area contributed by atoms with Crippen molar-refractivity contribution in [3.8, 4) is 0 Å². The minimum Gasteiger partial charge on any atom is -0.423 e. The summed E-state index contributed by atoms with van der Waals surface area (Å²) in [6.07, 6.45) is 2.41. The van der Waals surface area contributed by atoms with Gasteiger partial charge in [0.2, 0.25) is 0 Å². The number of carbonyl (C=O) groups is 1. The van der Waals surface area contributed by atoms with Gasteiger partial charge in [-0.2, -0.15) is 0 Å². The fraction of sp³-hybridized carbons (Fsp3) is 0.167. The molecule has 62 valence electrons. The zero-order chi connectivity index (χ0) is 9.14. The summed E-state index contributed by atoms with van der Waals surface area (Å²) < 4.78 is 0. The number of rotatable bonds is 2. The first-order chi connectivity index (χ1) is 5.61. The maximum absolute atomic E-state index is 10.7. The maximum Gasteiger partial charge on any atom is 0.491 e. The average Bonchev–Trinajstić information content (AvgIpc) is 2.04. The van der Waals surface area contributed by atoms with Crippen molar-refractivity contribution in [2.75, 3.05) is 0 Å². The molecule has 0 amide bonds. The van der Waals surface area contributed by atoms with Crippen LogP contribution in [0.25, 0.3) is 0 Å². The zero-order valence-corrected chi connectivity index (χ0v) is 6.43. The Labute approximate surface area is 69.2 Å². The van der Waals surface area contributed by atoms with Crippen molar-refractivity contribution in [1.29, 1.82) is 0 Å². The van der Waals surface area contributed by atoms with E-state index in [2.05, 4.69) is 9.97 Å². The zero-order valence-electron chi connectivity index (χ0n) is 6.43. The monoisotopic (exact) mass is 166 g/mol. The van der Waals surface area contributed by atoms with Crippen molar-refractivity contribution in [1.82, 2.24) is 9.97 Å². The Morgan fingerprint density at radius 1 is 1.42 bits per heavy atom. The van der Waals surface area contributed by atoms with Gasteiger partial charge in [-0.25, -0.2) is 9.97 Å². The first-order valence-electron chi connectivity index (χ1n) is 3.30. The van der Waals surface area contributed by atoms with E-state index in [9.17, 15) is 4.79 Å². The predicted octanol–water partition coefficient (Wildman–Crippen LogP) is -1.64. The summed E-state index contributed by atoms with van der Waals surface area (Å²) in [6.45, 7) is 1.34. The Balaban J connectivity index is 2.93. The van der Waals surface area contributed by atoms with E-state index in [1.54, 1.807) is 0 Å². The molecule has 0 atom stereocenters. The lowest BCUT2D eigenvalue weighted by Gasteiger charge is -1.97. The molecule has 0 radical (unpaired) electrons. The van der Waals surface area contributed by atoms with Crippen molar-refractivity contribution in [3.63, 3.8) is 0 Å². The fourth-order valence-corrected chi connectivity index (χ4v) is 0.653. The molecule has 0 aromatic carbocycles. The van der Waals surface area contributed by atoms with Crippen LogP contribution in [0.15, 0.2) is 12.4 Å². The molecule has 0 unspecified atom stereocenters. The molecule has 12 heavy (non-hydrogen) atoms. The third-order valence-corrected chi connectivity index (χ3v) is 1.28. The summed E-state index contributed by atoms with van der Waals surface area (Å²) in [5.74, 6) is -0.187. The van der Waals surface area contributed by atoms with Crippen LogP contribution in [0.5, 0.6) is 0 Å². The second kappa shape index (κ2) is 3.42. The van der Waals surface area contributed by atoms with Crippen molar-refractivity contribution >= 4 is 18.4 Å². The number of nitrogens with zero attached hydrogens (tertiary/aromatic N) is 2. The van der Waals surface area contributed by atoms with E-state index in [-0.39, 0.29) is 17.1 Å². The summed E-state index contributed by atoms with van der Waals surface area (Å²) in [4.78, 5) is 17.9. The van der Waals surface area contributed by atoms with Crippen LogP contribution in [0, 0.1) is 0 Å². The van der Waals surface area contributed by atoms with Crippen molar-refractivity contribution in [2.45, 2.75) is 6.92 Å². The van der Waals surface area contributed by atoms with Gasteiger partial charge in [0, 0.05) is 24.8 Å². The van der Waals surface area contributed by atoms with Gasteiger partial charge in [-0.3, -0.25) is 4.79 Å². The molecule has 5 nitrogen and oxygen atoms in total. The molecule has 0 spiro atoms. The number of hydrogen-bond donors (Lipinski definition) is 2. The first kappa shape index (κ1) is 8.83. The van der Waals surface area contributed by atoms with Gasteiger partial charge in [0.05, 0.1) is 0 Å². The van der Waals surface area contributed by atoms with Crippen LogP contribution in [-0.4, -0.2) is 32.9 Å². The lowest BCUT2D eigenvalue weighted by Crippen LogP contribution is -2.31. The van der Waals surface area contributed by atoms with Gasteiger partial charge in [0.15, 0.2) is 11.6 Å². The van der Waals surface area contributed by atoms with Crippen LogP contribution in [-0.2, 0) is 0 Å². The molecule has 0 saturated carbocycles. The lowest BCUT2D eigenvalue weighted by molar-refractivity contribution is 0.100. The Kier molecular flexibility index (Phi) is 2.52.